The van der Waals surface area contributed by atoms with Gasteiger partial charge < -0.3 is 14.0 Å². The Hall–Kier alpha value is -3.68. The lowest BCUT2D eigenvalue weighted by molar-refractivity contribution is -0.384. The van der Waals surface area contributed by atoms with Crippen LogP contribution in [0.1, 0.15) is 30.7 Å². The molecule has 8 nitrogen and oxygen atoms in total. The lowest BCUT2D eigenvalue weighted by atomic mass is 10.1. The minimum atomic E-state index is -0.467. The van der Waals surface area contributed by atoms with Crippen LogP contribution < -0.4 is 4.74 Å². The molecule has 0 N–H and O–H groups in total. The Morgan fingerprint density at radius 1 is 1.03 bits per heavy atom. The average Bonchev–Trinajstić information content (AvgIpc) is 2.92. The van der Waals surface area contributed by atoms with Crippen LogP contribution >= 0.6 is 0 Å². The van der Waals surface area contributed by atoms with Gasteiger partial charge in [-0.25, -0.2) is 0 Å². The molecule has 29 heavy (non-hydrogen) atoms. The molecule has 0 bridgehead atoms. The van der Waals surface area contributed by atoms with Crippen LogP contribution in [-0.4, -0.2) is 21.4 Å². The minimum Gasteiger partial charge on any atom is -0.461 e. The highest BCUT2D eigenvalue weighted by Gasteiger charge is 2.22. The van der Waals surface area contributed by atoms with Crippen molar-refractivity contribution in [2.75, 3.05) is 0 Å². The number of benzene rings is 2. The van der Waals surface area contributed by atoms with Gasteiger partial charge in [0.15, 0.2) is 5.75 Å². The van der Waals surface area contributed by atoms with E-state index in [4.69, 9.17) is 9.47 Å². The van der Waals surface area contributed by atoms with E-state index in [2.05, 4.69) is 0 Å². The van der Waals surface area contributed by atoms with Crippen molar-refractivity contribution in [3.8, 4) is 11.4 Å². The highest BCUT2D eigenvalue weighted by Crippen LogP contribution is 2.38. The maximum Gasteiger partial charge on any atom is 0.308 e. The first-order chi connectivity index (χ1) is 13.7. The number of nitrogens with zero attached hydrogens (tertiary/aromatic N) is 2. The van der Waals surface area contributed by atoms with Crippen LogP contribution in [-0.2, 0) is 20.9 Å². The predicted molar refractivity (Wildman–Crippen MR) is 106 cm³/mol. The molecule has 2 aromatic carbocycles. The molecular formula is C21H20N2O6. The minimum absolute atomic E-state index is 0.0283. The van der Waals surface area contributed by atoms with Gasteiger partial charge in [0, 0.05) is 42.6 Å². The first-order valence-electron chi connectivity index (χ1n) is 8.90. The zero-order valence-corrected chi connectivity index (χ0v) is 16.5. The molecular weight excluding hydrogens is 376 g/mol. The first kappa shape index (κ1) is 20.1. The highest BCUT2D eigenvalue weighted by atomic mass is 16.6. The van der Waals surface area contributed by atoms with Gasteiger partial charge in [-0.3, -0.25) is 19.7 Å². The van der Waals surface area contributed by atoms with Gasteiger partial charge in [-0.05, 0) is 37.6 Å². The van der Waals surface area contributed by atoms with E-state index >= 15 is 0 Å². The predicted octanol–water partition coefficient (Wildman–Crippen LogP) is 4.14. The quantitative estimate of drug-likeness (QED) is 0.365. The van der Waals surface area contributed by atoms with E-state index in [0.29, 0.717) is 28.0 Å². The Morgan fingerprint density at radius 3 is 2.24 bits per heavy atom. The maximum atomic E-state index is 11.7. The van der Waals surface area contributed by atoms with Crippen molar-refractivity contribution in [2.24, 2.45) is 0 Å². The molecule has 0 spiro atoms. The zero-order chi connectivity index (χ0) is 21.3. The van der Waals surface area contributed by atoms with Crippen LogP contribution in [0.25, 0.3) is 16.6 Å². The van der Waals surface area contributed by atoms with Gasteiger partial charge in [0.2, 0.25) is 0 Å². The van der Waals surface area contributed by atoms with E-state index in [1.807, 2.05) is 23.6 Å². The van der Waals surface area contributed by atoms with E-state index in [1.54, 1.807) is 19.1 Å². The number of nitro benzene ring substituents is 1. The molecule has 0 radical (unpaired) electrons. The lowest BCUT2D eigenvalue weighted by Gasteiger charge is -2.13. The van der Waals surface area contributed by atoms with Crippen molar-refractivity contribution in [3.63, 3.8) is 0 Å². The molecule has 150 valence electrons. The molecule has 8 heteroatoms. The van der Waals surface area contributed by atoms with E-state index in [0.717, 1.165) is 11.1 Å². The number of aryl methyl sites for hydroxylation is 1. The van der Waals surface area contributed by atoms with E-state index in [9.17, 15) is 19.7 Å². The van der Waals surface area contributed by atoms with Gasteiger partial charge in [-0.2, -0.15) is 0 Å². The topological polar surface area (TPSA) is 101 Å². The Kier molecular flexibility index (Phi) is 5.36. The number of nitro groups is 1. The van der Waals surface area contributed by atoms with Crippen molar-refractivity contribution in [1.29, 1.82) is 0 Å². The summed E-state index contributed by atoms with van der Waals surface area (Å²) in [5.41, 5.74) is 3.66. The number of fused-ring (bicyclic) bond motifs is 1. The van der Waals surface area contributed by atoms with Crippen LogP contribution in [0.3, 0.4) is 0 Å². The van der Waals surface area contributed by atoms with Crippen molar-refractivity contribution in [2.45, 2.75) is 34.3 Å². The molecule has 0 saturated heterocycles. The van der Waals surface area contributed by atoms with Crippen molar-refractivity contribution in [3.05, 3.63) is 63.3 Å². The molecule has 3 aromatic rings. The highest BCUT2D eigenvalue weighted by molar-refractivity contribution is 5.95. The zero-order valence-electron chi connectivity index (χ0n) is 16.5. The molecule has 0 fully saturated rings. The maximum absolute atomic E-state index is 11.7. The Morgan fingerprint density at radius 2 is 1.69 bits per heavy atom. The lowest BCUT2D eigenvalue weighted by Crippen LogP contribution is -2.05. The largest absolute Gasteiger partial charge is 0.461 e. The molecule has 0 aliphatic rings. The second-order valence-electron chi connectivity index (χ2n) is 6.65. The van der Waals surface area contributed by atoms with Gasteiger partial charge >= 0.3 is 11.9 Å². The summed E-state index contributed by atoms with van der Waals surface area (Å²) in [5, 5.41) is 11.7. The van der Waals surface area contributed by atoms with Crippen LogP contribution in [0.5, 0.6) is 5.75 Å². The number of hydrogen-bond donors (Lipinski definition) is 0. The van der Waals surface area contributed by atoms with Crippen LogP contribution in [0.2, 0.25) is 0 Å². The summed E-state index contributed by atoms with van der Waals surface area (Å²) < 4.78 is 12.6. The molecule has 1 heterocycles. The molecule has 0 unspecified atom stereocenters. The van der Waals surface area contributed by atoms with Gasteiger partial charge in [-0.15, -0.1) is 0 Å². The summed E-state index contributed by atoms with van der Waals surface area (Å²) in [7, 11) is 0. The average molecular weight is 396 g/mol. The third-order valence-corrected chi connectivity index (χ3v) is 4.63. The monoisotopic (exact) mass is 396 g/mol. The Balaban J connectivity index is 2.32. The normalized spacial score (nSPS) is 10.8. The molecule has 0 amide bonds. The molecule has 0 aliphatic carbocycles. The first-order valence-corrected chi connectivity index (χ1v) is 8.90. The number of rotatable bonds is 5. The van der Waals surface area contributed by atoms with Crippen LogP contribution in [0, 0.1) is 24.0 Å². The fourth-order valence-electron chi connectivity index (χ4n) is 3.31. The number of carbonyl (C=O) groups excluding carboxylic acids is 2. The Bertz CT molecular complexity index is 1130. The fourth-order valence-corrected chi connectivity index (χ4v) is 3.31. The van der Waals surface area contributed by atoms with Gasteiger partial charge in [0.1, 0.15) is 6.61 Å². The number of ether oxygens (including phenoxy) is 2. The standard InChI is InChI=1S/C21H20N2O6/c1-12-5-10-18-20(19(12)11-28-14(3)24)22(13(2)21(18)29-15(4)25)16-6-8-17(9-7-16)23(26)27/h5-10H,11H2,1-4H3. The van der Waals surface area contributed by atoms with Crippen molar-refractivity contribution >= 4 is 28.5 Å². The second-order valence-corrected chi connectivity index (χ2v) is 6.65. The summed E-state index contributed by atoms with van der Waals surface area (Å²) in [6.45, 7) is 6.40. The fraction of sp³-hybridized carbons (Fsp3) is 0.238. The van der Waals surface area contributed by atoms with E-state index in [-0.39, 0.29) is 12.3 Å². The van der Waals surface area contributed by atoms with Crippen LogP contribution in [0.15, 0.2) is 36.4 Å². The molecule has 0 saturated carbocycles. The van der Waals surface area contributed by atoms with E-state index in [1.165, 1.54) is 26.0 Å². The summed E-state index contributed by atoms with van der Waals surface area (Å²) in [5.74, 6) is -0.473. The van der Waals surface area contributed by atoms with E-state index < -0.39 is 16.9 Å². The smallest absolute Gasteiger partial charge is 0.308 e. The summed E-state index contributed by atoms with van der Waals surface area (Å²) in [4.78, 5) is 33.6. The van der Waals surface area contributed by atoms with Crippen molar-refractivity contribution < 1.29 is 24.0 Å². The van der Waals surface area contributed by atoms with Gasteiger partial charge in [-0.1, -0.05) is 6.07 Å². The number of carbonyl (C=O) groups is 2. The van der Waals surface area contributed by atoms with Crippen molar-refractivity contribution in [1.82, 2.24) is 4.57 Å². The molecule has 1 aromatic heterocycles. The third kappa shape index (κ3) is 3.82. The van der Waals surface area contributed by atoms with Gasteiger partial charge in [0.25, 0.3) is 5.69 Å². The van der Waals surface area contributed by atoms with Crippen LogP contribution in [0.4, 0.5) is 5.69 Å². The molecule has 0 aliphatic heterocycles. The third-order valence-electron chi connectivity index (χ3n) is 4.63. The number of aromatic nitrogens is 1. The Labute approximate surface area is 166 Å². The summed E-state index contributed by atoms with van der Waals surface area (Å²) >= 11 is 0. The van der Waals surface area contributed by atoms with Gasteiger partial charge in [0.05, 0.1) is 16.1 Å². The summed E-state index contributed by atoms with van der Waals surface area (Å²) in [6, 6.07) is 9.78. The SMILES string of the molecule is CC(=O)OCc1c(C)ccc2c(OC(C)=O)c(C)n(-c3ccc([N+](=O)[O-])cc3)c12. The number of non-ortho nitro benzene ring substituents is 1. The second kappa shape index (κ2) is 7.75. The number of hydrogen-bond acceptors (Lipinski definition) is 6. The number of esters is 2. The summed E-state index contributed by atoms with van der Waals surface area (Å²) in [6.07, 6.45) is 0. The molecule has 0 atom stereocenters. The molecule has 3 rings (SSSR count).